The highest BCUT2D eigenvalue weighted by atomic mass is 35.5. The van der Waals surface area contributed by atoms with Gasteiger partial charge in [0.15, 0.2) is 0 Å². The van der Waals surface area contributed by atoms with Gasteiger partial charge in [-0.05, 0) is 36.2 Å². The summed E-state index contributed by atoms with van der Waals surface area (Å²) in [5.41, 5.74) is 2.02. The lowest BCUT2D eigenvalue weighted by atomic mass is 10.0. The largest absolute Gasteiger partial charge is 0.333 e. The number of aromatic nitrogens is 3. The Morgan fingerprint density at radius 1 is 1.00 bits per heavy atom. The van der Waals surface area contributed by atoms with Gasteiger partial charge in [-0.25, -0.2) is 9.36 Å². The maximum atomic E-state index is 13.0. The van der Waals surface area contributed by atoms with Crippen molar-refractivity contribution < 1.29 is 0 Å². The number of rotatable bonds is 2. The summed E-state index contributed by atoms with van der Waals surface area (Å²) in [7, 11) is 0. The van der Waals surface area contributed by atoms with Crippen LogP contribution in [0, 0.1) is 6.92 Å². The summed E-state index contributed by atoms with van der Waals surface area (Å²) in [6, 6.07) is 12.6. The topological polar surface area (TPSA) is 67.8 Å². The van der Waals surface area contributed by atoms with E-state index in [9.17, 15) is 9.59 Å². The molecule has 0 aliphatic heterocycles. The third-order valence-electron chi connectivity index (χ3n) is 4.45. The van der Waals surface area contributed by atoms with Crippen LogP contribution < -0.4 is 11.2 Å². The van der Waals surface area contributed by atoms with Crippen LogP contribution in [-0.4, -0.2) is 14.5 Å². The molecule has 0 amide bonds. The van der Waals surface area contributed by atoms with E-state index in [0.29, 0.717) is 32.2 Å². The number of nitrogens with zero attached hydrogens (tertiary/aromatic N) is 2. The van der Waals surface area contributed by atoms with Crippen LogP contribution in [0.25, 0.3) is 27.7 Å². The molecular weight excluding hydrogens is 385 g/mol. The first-order valence-electron chi connectivity index (χ1n) is 8.12. The normalized spacial score (nSPS) is 11.1. The van der Waals surface area contributed by atoms with Crippen LogP contribution in [0.5, 0.6) is 0 Å². The minimum atomic E-state index is -0.559. The Kier molecular flexibility index (Phi) is 4.34. The van der Waals surface area contributed by atoms with E-state index in [1.165, 1.54) is 12.4 Å². The number of H-pyrrole nitrogens is 1. The molecule has 0 atom stereocenters. The van der Waals surface area contributed by atoms with Gasteiger partial charge in [0, 0.05) is 16.8 Å². The van der Waals surface area contributed by atoms with E-state index >= 15 is 0 Å². The van der Waals surface area contributed by atoms with Crippen LogP contribution >= 0.6 is 23.2 Å². The Morgan fingerprint density at radius 2 is 1.78 bits per heavy atom. The molecule has 0 spiro atoms. The predicted molar refractivity (Wildman–Crippen MR) is 108 cm³/mol. The quantitative estimate of drug-likeness (QED) is 0.546. The fourth-order valence-electron chi connectivity index (χ4n) is 3.01. The van der Waals surface area contributed by atoms with E-state index in [4.69, 9.17) is 23.2 Å². The average molecular weight is 398 g/mol. The molecule has 0 aliphatic carbocycles. The number of nitrogens with one attached hydrogen (secondary N) is 1. The minimum absolute atomic E-state index is 0.353. The first-order valence-corrected chi connectivity index (χ1v) is 8.87. The van der Waals surface area contributed by atoms with Gasteiger partial charge in [-0.2, -0.15) is 0 Å². The molecule has 134 valence electrons. The van der Waals surface area contributed by atoms with Crippen molar-refractivity contribution in [3.63, 3.8) is 0 Å². The van der Waals surface area contributed by atoms with Gasteiger partial charge in [-0.15, -0.1) is 0 Å². The summed E-state index contributed by atoms with van der Waals surface area (Å²) < 4.78 is 1.05. The smallest absolute Gasteiger partial charge is 0.306 e. The molecule has 0 bridgehead atoms. The van der Waals surface area contributed by atoms with Crippen molar-refractivity contribution >= 4 is 34.1 Å². The second kappa shape index (κ2) is 6.68. The molecule has 0 saturated carbocycles. The van der Waals surface area contributed by atoms with Crippen molar-refractivity contribution in [3.8, 4) is 16.8 Å². The number of hydrogen-bond donors (Lipinski definition) is 1. The Hall–Kier alpha value is -2.89. The first-order chi connectivity index (χ1) is 13.0. The van der Waals surface area contributed by atoms with Gasteiger partial charge < -0.3 is 4.98 Å². The number of aromatic amines is 1. The molecule has 4 rings (SSSR count). The van der Waals surface area contributed by atoms with Crippen molar-refractivity contribution in [2.24, 2.45) is 0 Å². The molecule has 4 aromatic rings. The maximum Gasteiger partial charge on any atom is 0.333 e. The lowest BCUT2D eigenvalue weighted by Gasteiger charge is -2.11. The third kappa shape index (κ3) is 2.95. The highest BCUT2D eigenvalue weighted by Gasteiger charge is 2.14. The van der Waals surface area contributed by atoms with E-state index in [-0.39, 0.29) is 0 Å². The molecule has 0 saturated heterocycles. The lowest BCUT2D eigenvalue weighted by Crippen LogP contribution is -2.34. The number of benzene rings is 2. The molecule has 1 N–H and O–H groups in total. The van der Waals surface area contributed by atoms with E-state index in [1.54, 1.807) is 31.2 Å². The van der Waals surface area contributed by atoms with Gasteiger partial charge in [0.1, 0.15) is 0 Å². The fourth-order valence-corrected chi connectivity index (χ4v) is 3.41. The van der Waals surface area contributed by atoms with Crippen LogP contribution in [0.2, 0.25) is 10.0 Å². The van der Waals surface area contributed by atoms with Crippen molar-refractivity contribution in [2.45, 2.75) is 6.92 Å². The number of halogens is 2. The van der Waals surface area contributed by atoms with E-state index < -0.39 is 11.2 Å². The van der Waals surface area contributed by atoms with Gasteiger partial charge in [0.05, 0.1) is 27.8 Å². The molecule has 0 fully saturated rings. The fraction of sp³-hybridized carbons (Fsp3) is 0.0500. The number of pyridine rings is 1. The SMILES string of the molecule is Cc1c(Cl)cncc1-n1c(=O)[nH]c2cc(-c3ccccc3Cl)ccc2c1=O. The first kappa shape index (κ1) is 17.5. The standard InChI is InChI=1S/C20H13Cl2N3O2/c1-11-16(22)9-23-10-18(11)25-19(26)14-7-6-12(8-17(14)24-20(25)27)13-4-2-3-5-15(13)21/h2-10H,1H3,(H,24,27). The number of fused-ring (bicyclic) bond motifs is 1. The molecule has 2 heterocycles. The Bertz CT molecular complexity index is 1310. The molecular formula is C20H13Cl2N3O2. The van der Waals surface area contributed by atoms with Gasteiger partial charge in [0.25, 0.3) is 5.56 Å². The zero-order valence-corrected chi connectivity index (χ0v) is 15.7. The van der Waals surface area contributed by atoms with Crippen LogP contribution in [0.4, 0.5) is 0 Å². The lowest BCUT2D eigenvalue weighted by molar-refractivity contribution is 0.886. The Balaban J connectivity index is 1.98. The second-order valence-electron chi connectivity index (χ2n) is 6.08. The molecule has 2 aromatic carbocycles. The van der Waals surface area contributed by atoms with E-state index in [1.807, 2.05) is 18.2 Å². The Labute approximate surface area is 163 Å². The average Bonchev–Trinajstić information content (AvgIpc) is 2.65. The molecule has 2 aromatic heterocycles. The van der Waals surface area contributed by atoms with Gasteiger partial charge >= 0.3 is 5.69 Å². The van der Waals surface area contributed by atoms with Crippen molar-refractivity contribution in [1.82, 2.24) is 14.5 Å². The van der Waals surface area contributed by atoms with Gasteiger partial charge in [-0.1, -0.05) is 47.5 Å². The van der Waals surface area contributed by atoms with E-state index in [2.05, 4.69) is 9.97 Å². The summed E-state index contributed by atoms with van der Waals surface area (Å²) in [6.07, 6.45) is 2.92. The molecule has 7 heteroatoms. The van der Waals surface area contributed by atoms with Crippen LogP contribution in [0.3, 0.4) is 0 Å². The highest BCUT2D eigenvalue weighted by Crippen LogP contribution is 2.28. The number of hydrogen-bond acceptors (Lipinski definition) is 3. The summed E-state index contributed by atoms with van der Waals surface area (Å²) in [4.78, 5) is 32.4. The molecule has 27 heavy (non-hydrogen) atoms. The summed E-state index contributed by atoms with van der Waals surface area (Å²) >= 11 is 12.3. The van der Waals surface area contributed by atoms with Crippen LogP contribution in [-0.2, 0) is 0 Å². The summed E-state index contributed by atoms with van der Waals surface area (Å²) in [5, 5.41) is 1.35. The summed E-state index contributed by atoms with van der Waals surface area (Å²) in [5.74, 6) is 0. The molecule has 0 unspecified atom stereocenters. The van der Waals surface area contributed by atoms with Crippen molar-refractivity contribution in [1.29, 1.82) is 0 Å². The van der Waals surface area contributed by atoms with Gasteiger partial charge in [-0.3, -0.25) is 9.78 Å². The molecule has 0 radical (unpaired) electrons. The summed E-state index contributed by atoms with van der Waals surface area (Å²) in [6.45, 7) is 1.73. The second-order valence-corrected chi connectivity index (χ2v) is 6.89. The third-order valence-corrected chi connectivity index (χ3v) is 5.16. The van der Waals surface area contributed by atoms with Crippen LogP contribution in [0.15, 0.2) is 64.4 Å². The Morgan fingerprint density at radius 3 is 2.56 bits per heavy atom. The predicted octanol–water partition coefficient (Wildman–Crippen LogP) is 4.36. The maximum absolute atomic E-state index is 13.0. The van der Waals surface area contributed by atoms with E-state index in [0.717, 1.165) is 15.7 Å². The van der Waals surface area contributed by atoms with Crippen LogP contribution in [0.1, 0.15) is 5.56 Å². The zero-order chi connectivity index (χ0) is 19.1. The molecule has 0 aliphatic rings. The van der Waals surface area contributed by atoms with Crippen molar-refractivity contribution in [3.05, 3.63) is 91.3 Å². The molecule has 5 nitrogen and oxygen atoms in total. The van der Waals surface area contributed by atoms with Gasteiger partial charge in [0.2, 0.25) is 0 Å². The highest BCUT2D eigenvalue weighted by molar-refractivity contribution is 6.33. The minimum Gasteiger partial charge on any atom is -0.306 e. The van der Waals surface area contributed by atoms with Crippen molar-refractivity contribution in [2.75, 3.05) is 0 Å². The monoisotopic (exact) mass is 397 g/mol. The zero-order valence-electron chi connectivity index (χ0n) is 14.2.